The third-order valence-corrected chi connectivity index (χ3v) is 5.46. The van der Waals surface area contributed by atoms with Crippen molar-refractivity contribution in [3.63, 3.8) is 0 Å². The number of benzene rings is 3. The Morgan fingerprint density at radius 3 is 2.47 bits per heavy atom. The molecule has 4 aromatic rings. The predicted octanol–water partition coefficient (Wildman–Crippen LogP) is 5.75. The van der Waals surface area contributed by atoms with Crippen LogP contribution in [0.1, 0.15) is 17.0 Å². The number of imidazole rings is 1. The fourth-order valence-electron chi connectivity index (χ4n) is 3.24. The second kappa shape index (κ2) is 9.39. The Bertz CT molecular complexity index is 1110. The second-order valence-corrected chi connectivity index (χ2v) is 7.56. The fourth-order valence-corrected chi connectivity index (χ4v) is 3.75. The first-order valence-corrected chi connectivity index (χ1v) is 10.3. The summed E-state index contributed by atoms with van der Waals surface area (Å²) in [6.07, 6.45) is 0. The topological polar surface area (TPSA) is 59.2 Å². The summed E-state index contributed by atoms with van der Waals surface area (Å²) < 4.78 is 11.6. The summed E-state index contributed by atoms with van der Waals surface area (Å²) in [5.74, 6) is 2.19. The molecule has 0 amide bonds. The van der Waals surface area contributed by atoms with Gasteiger partial charge < -0.3 is 19.8 Å². The molecule has 0 unspecified atom stereocenters. The van der Waals surface area contributed by atoms with Gasteiger partial charge in [0.15, 0.2) is 11.5 Å². The minimum Gasteiger partial charge on any atom is -0.493 e. The lowest BCUT2D eigenvalue weighted by Gasteiger charge is -2.16. The van der Waals surface area contributed by atoms with Crippen molar-refractivity contribution >= 4 is 34.2 Å². The first kappa shape index (κ1) is 20.5. The van der Waals surface area contributed by atoms with Crippen LogP contribution in [0, 0.1) is 0 Å². The molecule has 4 rings (SSSR count). The molecule has 3 aromatic carbocycles. The van der Waals surface area contributed by atoms with Crippen molar-refractivity contribution in [2.24, 2.45) is 0 Å². The lowest BCUT2D eigenvalue weighted by atomic mass is 10.1. The van der Waals surface area contributed by atoms with E-state index in [-0.39, 0.29) is 6.61 Å². The van der Waals surface area contributed by atoms with E-state index in [1.807, 2.05) is 48.5 Å². The standard InChI is InChI=1S/C23H21Cl2N3O2/c1-29-21-11-4-6-15(23(21)30-14-16-17(24)7-5-8-18(16)25)12-26-13-22-27-19-9-2-3-10-20(19)28-22/h2-11,26H,12-14H2,1H3,(H,27,28). The number of hydrogen-bond donors (Lipinski definition) is 2. The minimum atomic E-state index is 0.245. The number of aromatic nitrogens is 2. The van der Waals surface area contributed by atoms with Gasteiger partial charge in [0.2, 0.25) is 0 Å². The van der Waals surface area contributed by atoms with Crippen LogP contribution in [0.2, 0.25) is 10.0 Å². The number of fused-ring (bicyclic) bond motifs is 1. The van der Waals surface area contributed by atoms with Crippen LogP contribution in [-0.4, -0.2) is 17.1 Å². The fraction of sp³-hybridized carbons (Fsp3) is 0.174. The van der Waals surface area contributed by atoms with Crippen molar-refractivity contribution in [2.45, 2.75) is 19.7 Å². The van der Waals surface area contributed by atoms with Crippen LogP contribution in [0.5, 0.6) is 11.5 Å². The molecule has 0 radical (unpaired) electrons. The van der Waals surface area contributed by atoms with E-state index in [2.05, 4.69) is 15.3 Å². The third kappa shape index (κ3) is 4.54. The van der Waals surface area contributed by atoms with Crippen molar-refractivity contribution in [3.05, 3.63) is 87.7 Å². The van der Waals surface area contributed by atoms with E-state index in [1.165, 1.54) is 0 Å². The maximum absolute atomic E-state index is 6.28. The zero-order valence-electron chi connectivity index (χ0n) is 16.4. The Morgan fingerprint density at radius 1 is 0.933 bits per heavy atom. The monoisotopic (exact) mass is 441 g/mol. The number of H-pyrrole nitrogens is 1. The molecule has 0 saturated carbocycles. The lowest BCUT2D eigenvalue weighted by Crippen LogP contribution is -2.15. The van der Waals surface area contributed by atoms with Crippen LogP contribution in [0.25, 0.3) is 11.0 Å². The summed E-state index contributed by atoms with van der Waals surface area (Å²) in [6, 6.07) is 19.2. The van der Waals surface area contributed by atoms with Gasteiger partial charge in [0.05, 0.1) is 24.7 Å². The Morgan fingerprint density at radius 2 is 1.70 bits per heavy atom. The number of rotatable bonds is 8. The summed E-state index contributed by atoms with van der Waals surface area (Å²) in [7, 11) is 1.62. The van der Waals surface area contributed by atoms with E-state index in [9.17, 15) is 0 Å². The molecule has 0 atom stereocenters. The number of aromatic amines is 1. The molecule has 0 aliphatic carbocycles. The zero-order chi connectivity index (χ0) is 20.9. The average Bonchev–Trinajstić information content (AvgIpc) is 3.16. The smallest absolute Gasteiger partial charge is 0.166 e. The van der Waals surface area contributed by atoms with Crippen LogP contribution in [0.15, 0.2) is 60.7 Å². The number of nitrogens with one attached hydrogen (secondary N) is 2. The largest absolute Gasteiger partial charge is 0.493 e. The number of hydrogen-bond acceptors (Lipinski definition) is 4. The van der Waals surface area contributed by atoms with Gasteiger partial charge in [-0.1, -0.05) is 53.5 Å². The summed E-state index contributed by atoms with van der Waals surface area (Å²) in [5, 5.41) is 4.55. The molecule has 0 spiro atoms. The van der Waals surface area contributed by atoms with Gasteiger partial charge in [0.1, 0.15) is 12.4 Å². The highest BCUT2D eigenvalue weighted by atomic mass is 35.5. The Balaban J connectivity index is 1.47. The zero-order valence-corrected chi connectivity index (χ0v) is 17.9. The number of halogens is 2. The molecular weight excluding hydrogens is 421 g/mol. The van der Waals surface area contributed by atoms with Gasteiger partial charge in [-0.25, -0.2) is 4.98 Å². The Kier molecular flexibility index (Phi) is 6.43. The SMILES string of the molecule is COc1cccc(CNCc2nc3ccccc3[nH]2)c1OCc1c(Cl)cccc1Cl. The Labute approximate surface area is 184 Å². The molecule has 5 nitrogen and oxygen atoms in total. The molecular formula is C23H21Cl2N3O2. The van der Waals surface area contributed by atoms with Gasteiger partial charge in [-0.2, -0.15) is 0 Å². The Hall–Kier alpha value is -2.73. The van der Waals surface area contributed by atoms with Crippen LogP contribution >= 0.6 is 23.2 Å². The van der Waals surface area contributed by atoms with Crippen molar-refractivity contribution in [1.29, 1.82) is 0 Å². The first-order valence-electron chi connectivity index (χ1n) is 9.51. The number of ether oxygens (including phenoxy) is 2. The minimum absolute atomic E-state index is 0.245. The lowest BCUT2D eigenvalue weighted by molar-refractivity contribution is 0.280. The molecule has 0 aliphatic heterocycles. The molecule has 7 heteroatoms. The third-order valence-electron chi connectivity index (χ3n) is 4.75. The molecule has 0 bridgehead atoms. The highest BCUT2D eigenvalue weighted by Crippen LogP contribution is 2.33. The maximum Gasteiger partial charge on any atom is 0.166 e. The normalized spacial score (nSPS) is 11.0. The quantitative estimate of drug-likeness (QED) is 0.365. The first-order chi connectivity index (χ1) is 14.7. The second-order valence-electron chi connectivity index (χ2n) is 6.74. The molecule has 0 fully saturated rings. The van der Waals surface area contributed by atoms with E-state index in [0.717, 1.165) is 28.0 Å². The van der Waals surface area contributed by atoms with Crippen LogP contribution in [0.3, 0.4) is 0 Å². The van der Waals surface area contributed by atoms with E-state index in [4.69, 9.17) is 32.7 Å². The number of para-hydroxylation sites is 3. The van der Waals surface area contributed by atoms with Crippen molar-refractivity contribution in [2.75, 3.05) is 7.11 Å². The van der Waals surface area contributed by atoms with Gasteiger partial charge in [-0.05, 0) is 30.3 Å². The van der Waals surface area contributed by atoms with E-state index < -0.39 is 0 Å². The molecule has 30 heavy (non-hydrogen) atoms. The van der Waals surface area contributed by atoms with Crippen LogP contribution in [-0.2, 0) is 19.7 Å². The van der Waals surface area contributed by atoms with Crippen molar-refractivity contribution < 1.29 is 9.47 Å². The molecule has 1 heterocycles. The molecule has 1 aromatic heterocycles. The van der Waals surface area contributed by atoms with Gasteiger partial charge in [0, 0.05) is 27.7 Å². The van der Waals surface area contributed by atoms with Crippen LogP contribution < -0.4 is 14.8 Å². The molecule has 0 saturated heterocycles. The summed E-state index contributed by atoms with van der Waals surface area (Å²) in [6.45, 7) is 1.43. The molecule has 154 valence electrons. The van der Waals surface area contributed by atoms with Gasteiger partial charge in [-0.15, -0.1) is 0 Å². The maximum atomic E-state index is 6.28. The molecule has 2 N–H and O–H groups in total. The average molecular weight is 442 g/mol. The van der Waals surface area contributed by atoms with Crippen LogP contribution in [0.4, 0.5) is 0 Å². The predicted molar refractivity (Wildman–Crippen MR) is 120 cm³/mol. The van der Waals surface area contributed by atoms with Crippen molar-refractivity contribution in [1.82, 2.24) is 15.3 Å². The van der Waals surface area contributed by atoms with Crippen molar-refractivity contribution in [3.8, 4) is 11.5 Å². The number of nitrogens with zero attached hydrogens (tertiary/aromatic N) is 1. The summed E-state index contributed by atoms with van der Waals surface area (Å²) >= 11 is 12.6. The van der Waals surface area contributed by atoms with Gasteiger partial charge in [-0.3, -0.25) is 0 Å². The highest BCUT2D eigenvalue weighted by Gasteiger charge is 2.13. The van der Waals surface area contributed by atoms with Gasteiger partial charge in [0.25, 0.3) is 0 Å². The molecule has 0 aliphatic rings. The van der Waals surface area contributed by atoms with E-state index in [1.54, 1.807) is 19.2 Å². The summed E-state index contributed by atoms with van der Waals surface area (Å²) in [4.78, 5) is 7.91. The van der Waals surface area contributed by atoms with E-state index in [0.29, 0.717) is 34.6 Å². The summed E-state index contributed by atoms with van der Waals surface area (Å²) in [5.41, 5.74) is 3.69. The van der Waals surface area contributed by atoms with Gasteiger partial charge >= 0.3 is 0 Å². The number of methoxy groups -OCH3 is 1. The highest BCUT2D eigenvalue weighted by molar-refractivity contribution is 6.35. The van der Waals surface area contributed by atoms with E-state index >= 15 is 0 Å².